The third-order valence-electron chi connectivity index (χ3n) is 4.63. The fourth-order valence-electron chi connectivity index (χ4n) is 3.60. The SMILES string of the molecule is C[C@H]1C[C@@](CNc2nnc(-c3ccccn3)s2)(c2ncccc2F)C1. The second-order valence-corrected chi connectivity index (χ2v) is 7.59. The first-order chi connectivity index (χ1) is 12.2. The third kappa shape index (κ3) is 3.11. The zero-order chi connectivity index (χ0) is 17.3. The van der Waals surface area contributed by atoms with Gasteiger partial charge in [-0.1, -0.05) is 24.3 Å². The second-order valence-electron chi connectivity index (χ2n) is 6.61. The molecule has 3 heterocycles. The summed E-state index contributed by atoms with van der Waals surface area (Å²) in [5.74, 6) is 0.337. The van der Waals surface area contributed by atoms with Gasteiger partial charge in [-0.15, -0.1) is 10.2 Å². The summed E-state index contributed by atoms with van der Waals surface area (Å²) in [6.07, 6.45) is 5.23. The molecule has 7 heteroatoms. The summed E-state index contributed by atoms with van der Waals surface area (Å²) in [4.78, 5) is 8.60. The van der Waals surface area contributed by atoms with E-state index < -0.39 is 0 Å². The zero-order valence-electron chi connectivity index (χ0n) is 13.8. The quantitative estimate of drug-likeness (QED) is 0.752. The van der Waals surface area contributed by atoms with Crippen LogP contribution >= 0.6 is 11.3 Å². The van der Waals surface area contributed by atoms with Crippen LogP contribution in [0.15, 0.2) is 42.7 Å². The van der Waals surface area contributed by atoms with Crippen LogP contribution < -0.4 is 5.32 Å². The molecule has 4 rings (SSSR count). The van der Waals surface area contributed by atoms with E-state index in [1.54, 1.807) is 18.5 Å². The van der Waals surface area contributed by atoms with Crippen LogP contribution in [0.5, 0.6) is 0 Å². The molecule has 0 unspecified atom stereocenters. The molecule has 1 fully saturated rings. The lowest BCUT2D eigenvalue weighted by Gasteiger charge is -2.46. The normalized spacial score (nSPS) is 22.4. The van der Waals surface area contributed by atoms with Crippen molar-refractivity contribution in [2.75, 3.05) is 11.9 Å². The lowest BCUT2D eigenvalue weighted by atomic mass is 9.60. The molecule has 1 aliphatic carbocycles. The molecule has 128 valence electrons. The van der Waals surface area contributed by atoms with Gasteiger partial charge in [-0.2, -0.15) is 0 Å². The smallest absolute Gasteiger partial charge is 0.206 e. The highest BCUT2D eigenvalue weighted by atomic mass is 32.1. The van der Waals surface area contributed by atoms with Crippen molar-refractivity contribution in [2.45, 2.75) is 25.2 Å². The minimum Gasteiger partial charge on any atom is -0.359 e. The monoisotopic (exact) mass is 355 g/mol. The molecule has 5 nitrogen and oxygen atoms in total. The molecular weight excluding hydrogens is 337 g/mol. The number of pyridine rings is 2. The topological polar surface area (TPSA) is 63.6 Å². The fraction of sp³-hybridized carbons (Fsp3) is 0.333. The number of hydrogen-bond donors (Lipinski definition) is 1. The van der Waals surface area contributed by atoms with E-state index in [1.165, 1.54) is 17.4 Å². The average Bonchev–Trinajstić information content (AvgIpc) is 3.08. The number of hydrogen-bond acceptors (Lipinski definition) is 6. The Bertz CT molecular complexity index is 861. The molecule has 1 N–H and O–H groups in total. The highest BCUT2D eigenvalue weighted by Crippen LogP contribution is 2.47. The van der Waals surface area contributed by atoms with E-state index in [1.807, 2.05) is 18.2 Å². The Hall–Kier alpha value is -2.41. The molecule has 1 aliphatic rings. The van der Waals surface area contributed by atoms with Crippen molar-refractivity contribution < 1.29 is 4.39 Å². The average molecular weight is 355 g/mol. The second kappa shape index (κ2) is 6.48. The van der Waals surface area contributed by atoms with Crippen molar-refractivity contribution in [1.82, 2.24) is 20.2 Å². The van der Waals surface area contributed by atoms with Crippen molar-refractivity contribution in [2.24, 2.45) is 5.92 Å². The van der Waals surface area contributed by atoms with Gasteiger partial charge in [0.2, 0.25) is 5.13 Å². The van der Waals surface area contributed by atoms with Gasteiger partial charge in [-0.3, -0.25) is 9.97 Å². The van der Waals surface area contributed by atoms with Gasteiger partial charge in [0.05, 0.1) is 5.69 Å². The van der Waals surface area contributed by atoms with Crippen molar-refractivity contribution in [3.8, 4) is 10.7 Å². The third-order valence-corrected chi connectivity index (χ3v) is 5.53. The molecule has 25 heavy (non-hydrogen) atoms. The van der Waals surface area contributed by atoms with Gasteiger partial charge in [-0.25, -0.2) is 4.39 Å². The molecule has 0 aliphatic heterocycles. The molecule has 3 aromatic rings. The largest absolute Gasteiger partial charge is 0.359 e. The standard InChI is InChI=1S/C18H18FN5S/c1-12-9-18(10-12,15-13(19)5-4-8-21-15)11-22-17-24-23-16(25-17)14-6-2-3-7-20-14/h2-8,12H,9-11H2,1H3,(H,22,24)/t12-,18+. The van der Waals surface area contributed by atoms with Gasteiger partial charge in [0.15, 0.2) is 5.01 Å². The Morgan fingerprint density at radius 2 is 2.00 bits per heavy atom. The minimum absolute atomic E-state index is 0.234. The maximum Gasteiger partial charge on any atom is 0.206 e. The Labute approximate surface area is 149 Å². The number of aromatic nitrogens is 4. The van der Waals surface area contributed by atoms with Crippen LogP contribution in [0.25, 0.3) is 10.7 Å². The molecule has 3 aromatic heterocycles. The Balaban J connectivity index is 1.52. The van der Waals surface area contributed by atoms with Gasteiger partial charge in [0.1, 0.15) is 11.5 Å². The van der Waals surface area contributed by atoms with Crippen molar-refractivity contribution in [3.63, 3.8) is 0 Å². The summed E-state index contributed by atoms with van der Waals surface area (Å²) in [5.41, 5.74) is 1.08. The fourth-order valence-corrected chi connectivity index (χ4v) is 4.32. The molecule has 0 spiro atoms. The van der Waals surface area contributed by atoms with E-state index >= 15 is 0 Å². The van der Waals surface area contributed by atoms with Gasteiger partial charge in [-0.05, 0) is 43.0 Å². The number of nitrogens with zero attached hydrogens (tertiary/aromatic N) is 4. The first-order valence-corrected chi connectivity index (χ1v) is 9.08. The summed E-state index contributed by atoms with van der Waals surface area (Å²) in [6, 6.07) is 8.81. The lowest BCUT2D eigenvalue weighted by molar-refractivity contribution is 0.159. The minimum atomic E-state index is -0.276. The van der Waals surface area contributed by atoms with Gasteiger partial charge >= 0.3 is 0 Å². The summed E-state index contributed by atoms with van der Waals surface area (Å²) in [6.45, 7) is 2.78. The Morgan fingerprint density at radius 3 is 2.72 bits per heavy atom. The predicted molar refractivity (Wildman–Crippen MR) is 95.9 cm³/mol. The highest BCUT2D eigenvalue weighted by Gasteiger charge is 2.46. The van der Waals surface area contributed by atoms with E-state index in [0.29, 0.717) is 18.2 Å². The van der Waals surface area contributed by atoms with Crippen LogP contribution in [0.1, 0.15) is 25.5 Å². The van der Waals surface area contributed by atoms with E-state index in [9.17, 15) is 4.39 Å². The van der Waals surface area contributed by atoms with Gasteiger partial charge in [0.25, 0.3) is 0 Å². The van der Waals surface area contributed by atoms with E-state index in [0.717, 1.165) is 28.7 Å². The predicted octanol–water partition coefficient (Wildman–Crippen LogP) is 3.91. The summed E-state index contributed by atoms with van der Waals surface area (Å²) in [7, 11) is 0. The molecule has 0 amide bonds. The van der Waals surface area contributed by atoms with E-state index in [2.05, 4.69) is 32.4 Å². The molecule has 0 aromatic carbocycles. The van der Waals surface area contributed by atoms with Gasteiger partial charge < -0.3 is 5.32 Å². The van der Waals surface area contributed by atoms with Crippen LogP contribution in [0, 0.1) is 11.7 Å². The van der Waals surface area contributed by atoms with Crippen LogP contribution in [-0.2, 0) is 5.41 Å². The number of nitrogens with one attached hydrogen (secondary N) is 1. The summed E-state index contributed by atoms with van der Waals surface area (Å²) >= 11 is 1.45. The van der Waals surface area contributed by atoms with Crippen molar-refractivity contribution in [1.29, 1.82) is 0 Å². The molecule has 0 atom stereocenters. The highest BCUT2D eigenvalue weighted by molar-refractivity contribution is 7.18. The van der Waals surface area contributed by atoms with Crippen LogP contribution in [0.3, 0.4) is 0 Å². The van der Waals surface area contributed by atoms with Crippen LogP contribution in [0.4, 0.5) is 9.52 Å². The molecular formula is C18H18FN5S. The Morgan fingerprint density at radius 1 is 1.16 bits per heavy atom. The van der Waals surface area contributed by atoms with Crippen molar-refractivity contribution in [3.05, 3.63) is 54.2 Å². The first kappa shape index (κ1) is 16.1. The maximum absolute atomic E-state index is 14.3. The Kier molecular flexibility index (Phi) is 4.17. The zero-order valence-corrected chi connectivity index (χ0v) is 14.6. The maximum atomic E-state index is 14.3. The molecule has 1 saturated carbocycles. The number of anilines is 1. The first-order valence-electron chi connectivity index (χ1n) is 8.26. The number of rotatable bonds is 5. The van der Waals surface area contributed by atoms with Crippen LogP contribution in [0.2, 0.25) is 0 Å². The number of halogens is 1. The van der Waals surface area contributed by atoms with Crippen LogP contribution in [-0.4, -0.2) is 26.7 Å². The van der Waals surface area contributed by atoms with Gasteiger partial charge in [0, 0.05) is 24.4 Å². The van der Waals surface area contributed by atoms with E-state index in [-0.39, 0.29) is 11.2 Å². The summed E-state index contributed by atoms with van der Waals surface area (Å²) < 4.78 is 14.3. The molecule has 0 radical (unpaired) electrons. The lowest BCUT2D eigenvalue weighted by Crippen LogP contribution is -2.46. The van der Waals surface area contributed by atoms with E-state index in [4.69, 9.17) is 0 Å². The molecule has 0 saturated heterocycles. The molecule has 0 bridgehead atoms. The van der Waals surface area contributed by atoms with Crippen molar-refractivity contribution >= 4 is 16.5 Å². The summed E-state index contributed by atoms with van der Waals surface area (Å²) in [5, 5.41) is 13.2.